The van der Waals surface area contributed by atoms with Gasteiger partial charge in [0.15, 0.2) is 0 Å². The van der Waals surface area contributed by atoms with Crippen molar-refractivity contribution in [2.24, 2.45) is 5.10 Å². The maximum atomic E-state index is 13.2. The van der Waals surface area contributed by atoms with Crippen molar-refractivity contribution in [3.63, 3.8) is 0 Å². The predicted molar refractivity (Wildman–Crippen MR) is 133 cm³/mol. The van der Waals surface area contributed by atoms with Crippen molar-refractivity contribution >= 4 is 51.4 Å². The minimum Gasteiger partial charge on any atom is -0.295 e. The molecule has 1 N–H and O–H groups in total. The second kappa shape index (κ2) is 7.24. The topological polar surface area (TPSA) is 87.5 Å². The molecule has 1 aliphatic carbocycles. The van der Waals surface area contributed by atoms with Crippen LogP contribution in [0.15, 0.2) is 58.4 Å². The van der Waals surface area contributed by atoms with E-state index in [-0.39, 0.29) is 11.1 Å². The van der Waals surface area contributed by atoms with Crippen LogP contribution in [0.25, 0.3) is 16.5 Å². The van der Waals surface area contributed by atoms with Crippen LogP contribution in [0, 0.1) is 10.5 Å². The number of nitrogens with one attached hydrogen (secondary N) is 1. The van der Waals surface area contributed by atoms with Crippen molar-refractivity contribution in [2.75, 3.05) is 0 Å². The van der Waals surface area contributed by atoms with Crippen LogP contribution >= 0.6 is 22.6 Å². The summed E-state index contributed by atoms with van der Waals surface area (Å²) in [5.74, 6) is -0.962. The van der Waals surface area contributed by atoms with E-state index in [1.807, 2.05) is 36.4 Å². The fourth-order valence-corrected chi connectivity index (χ4v) is 5.07. The third-order valence-corrected chi connectivity index (χ3v) is 7.07. The van der Waals surface area contributed by atoms with Crippen molar-refractivity contribution in [1.29, 1.82) is 0 Å². The van der Waals surface area contributed by atoms with Crippen LogP contribution in [0.1, 0.15) is 43.1 Å². The zero-order valence-electron chi connectivity index (χ0n) is 17.6. The number of hydrogen-bond acceptors (Lipinski definition) is 4. The average molecular weight is 548 g/mol. The fourth-order valence-electron chi connectivity index (χ4n) is 4.71. The van der Waals surface area contributed by atoms with Gasteiger partial charge in [-0.05, 0) is 95.3 Å². The molecule has 8 heteroatoms. The van der Waals surface area contributed by atoms with E-state index in [4.69, 9.17) is 0 Å². The smallest absolute Gasteiger partial charge is 0.282 e. The maximum absolute atomic E-state index is 13.2. The van der Waals surface area contributed by atoms with E-state index < -0.39 is 11.8 Å². The van der Waals surface area contributed by atoms with Gasteiger partial charge in [0.1, 0.15) is 0 Å². The predicted octanol–water partition coefficient (Wildman–Crippen LogP) is 3.96. The number of aryl methyl sites for hydroxylation is 3. The SMILES string of the molecule is Cc1[nH]n(-c2ccc(I)cc2)c(=O)c1/C=N/N1C(=O)c2ccc3c4c(ccc(c24)C1=O)CC3. The third-order valence-electron chi connectivity index (χ3n) is 6.35. The number of halogens is 1. The lowest BCUT2D eigenvalue weighted by Crippen LogP contribution is -2.36. The van der Waals surface area contributed by atoms with Crippen molar-refractivity contribution in [3.05, 3.63) is 96.0 Å². The Morgan fingerprint density at radius 1 is 0.879 bits per heavy atom. The van der Waals surface area contributed by atoms with Gasteiger partial charge in [0, 0.05) is 14.7 Å². The Bertz CT molecular complexity index is 1540. The molecule has 162 valence electrons. The van der Waals surface area contributed by atoms with Crippen LogP contribution in [0.4, 0.5) is 0 Å². The number of carbonyl (C=O) groups excluding carboxylic acids is 2. The quantitative estimate of drug-likeness (QED) is 0.239. The first-order valence-electron chi connectivity index (χ1n) is 10.5. The van der Waals surface area contributed by atoms with E-state index in [9.17, 15) is 14.4 Å². The number of rotatable bonds is 3. The standard InChI is InChI=1S/C25H17IN4O3/c1-13-20(25(33)29(28-13)17-8-6-16(26)7-9-17)12-27-30-23(31)18-10-4-14-2-3-15-5-11-19(24(30)32)22(18)21(14)15/h4-12,28H,2-3H2,1H3/b27-12+. The average Bonchev–Trinajstić information content (AvgIpc) is 3.36. The van der Waals surface area contributed by atoms with Crippen LogP contribution < -0.4 is 5.56 Å². The zero-order chi connectivity index (χ0) is 22.9. The van der Waals surface area contributed by atoms with Crippen molar-refractivity contribution in [2.45, 2.75) is 19.8 Å². The molecule has 7 nitrogen and oxygen atoms in total. The van der Waals surface area contributed by atoms with E-state index >= 15 is 0 Å². The number of carbonyl (C=O) groups is 2. The molecule has 4 aromatic rings. The Hall–Kier alpha value is -3.53. The number of amides is 2. The van der Waals surface area contributed by atoms with Gasteiger partial charge in [-0.3, -0.25) is 19.5 Å². The van der Waals surface area contributed by atoms with Crippen molar-refractivity contribution in [1.82, 2.24) is 14.8 Å². The molecule has 0 saturated heterocycles. The van der Waals surface area contributed by atoms with Gasteiger partial charge in [-0.2, -0.15) is 10.1 Å². The minimum absolute atomic E-state index is 0.286. The second-order valence-corrected chi connectivity index (χ2v) is 9.47. The Morgan fingerprint density at radius 2 is 1.48 bits per heavy atom. The Kier molecular flexibility index (Phi) is 4.41. The number of imide groups is 1. The highest BCUT2D eigenvalue weighted by Gasteiger charge is 2.35. The summed E-state index contributed by atoms with van der Waals surface area (Å²) < 4.78 is 2.47. The first-order chi connectivity index (χ1) is 15.9. The first-order valence-corrected chi connectivity index (χ1v) is 11.6. The summed E-state index contributed by atoms with van der Waals surface area (Å²) in [4.78, 5) is 39.4. The van der Waals surface area contributed by atoms with Gasteiger partial charge in [0.2, 0.25) is 0 Å². The number of benzene rings is 3. The number of hydrogen-bond donors (Lipinski definition) is 1. The van der Waals surface area contributed by atoms with Gasteiger partial charge >= 0.3 is 0 Å². The van der Waals surface area contributed by atoms with E-state index in [0.717, 1.165) is 32.2 Å². The molecule has 0 unspecified atom stereocenters. The van der Waals surface area contributed by atoms with Gasteiger partial charge in [-0.25, -0.2) is 4.68 Å². The van der Waals surface area contributed by atoms with Crippen LogP contribution in [0.3, 0.4) is 0 Å². The van der Waals surface area contributed by atoms with E-state index in [1.54, 1.807) is 19.1 Å². The molecule has 0 radical (unpaired) electrons. The van der Waals surface area contributed by atoms with Gasteiger partial charge in [0.05, 0.1) is 28.6 Å². The largest absolute Gasteiger partial charge is 0.295 e. The molecule has 0 spiro atoms. The summed E-state index contributed by atoms with van der Waals surface area (Å²) >= 11 is 2.20. The van der Waals surface area contributed by atoms with Crippen LogP contribution in [-0.4, -0.2) is 32.8 Å². The Morgan fingerprint density at radius 3 is 2.09 bits per heavy atom. The maximum Gasteiger partial charge on any atom is 0.282 e. The minimum atomic E-state index is -0.481. The van der Waals surface area contributed by atoms with Crippen LogP contribution in [-0.2, 0) is 12.8 Å². The number of aromatic amines is 1. The normalized spacial score (nSPS) is 14.8. The highest BCUT2D eigenvalue weighted by atomic mass is 127. The van der Waals surface area contributed by atoms with E-state index in [2.05, 4.69) is 32.8 Å². The third kappa shape index (κ3) is 2.93. The van der Waals surface area contributed by atoms with Gasteiger partial charge in [-0.15, -0.1) is 0 Å². The second-order valence-electron chi connectivity index (χ2n) is 8.23. The van der Waals surface area contributed by atoms with E-state index in [1.165, 1.54) is 22.0 Å². The summed E-state index contributed by atoms with van der Waals surface area (Å²) in [6.45, 7) is 1.75. The summed E-state index contributed by atoms with van der Waals surface area (Å²) in [7, 11) is 0. The summed E-state index contributed by atoms with van der Waals surface area (Å²) in [6, 6.07) is 15.0. The van der Waals surface area contributed by atoms with E-state index in [0.29, 0.717) is 22.5 Å². The molecule has 1 aromatic heterocycles. The highest BCUT2D eigenvalue weighted by molar-refractivity contribution is 14.1. The molecule has 0 fully saturated rings. The van der Waals surface area contributed by atoms with Gasteiger partial charge in [-0.1, -0.05) is 12.1 Å². The number of nitrogens with zero attached hydrogens (tertiary/aromatic N) is 3. The lowest BCUT2D eigenvalue weighted by molar-refractivity contribution is 0.0616. The lowest BCUT2D eigenvalue weighted by atomic mass is 9.92. The molecule has 0 atom stereocenters. The van der Waals surface area contributed by atoms with Crippen molar-refractivity contribution < 1.29 is 9.59 Å². The molecular weight excluding hydrogens is 531 g/mol. The molecule has 0 saturated carbocycles. The molecule has 2 amide bonds. The number of hydrazone groups is 1. The zero-order valence-corrected chi connectivity index (χ0v) is 19.7. The Balaban J connectivity index is 1.41. The van der Waals surface area contributed by atoms with Crippen molar-refractivity contribution in [3.8, 4) is 5.69 Å². The molecular formula is C25H17IN4O3. The fraction of sp³-hybridized carbons (Fsp3) is 0.120. The van der Waals surface area contributed by atoms with Gasteiger partial charge in [0.25, 0.3) is 17.4 Å². The monoisotopic (exact) mass is 548 g/mol. The first kappa shape index (κ1) is 20.1. The molecule has 2 aliphatic rings. The Labute approximate surface area is 201 Å². The molecule has 33 heavy (non-hydrogen) atoms. The number of H-pyrrole nitrogens is 1. The lowest BCUT2D eigenvalue weighted by Gasteiger charge is -2.23. The number of aromatic nitrogens is 2. The highest BCUT2D eigenvalue weighted by Crippen LogP contribution is 2.38. The van der Waals surface area contributed by atoms with Crippen LogP contribution in [0.5, 0.6) is 0 Å². The molecule has 6 rings (SSSR count). The molecule has 0 bridgehead atoms. The summed E-state index contributed by atoms with van der Waals surface area (Å²) in [5, 5.41) is 9.82. The molecule has 1 aliphatic heterocycles. The van der Waals surface area contributed by atoms with Gasteiger partial charge < -0.3 is 0 Å². The summed E-state index contributed by atoms with van der Waals surface area (Å²) in [5.41, 5.74) is 4.51. The van der Waals surface area contributed by atoms with Crippen LogP contribution in [0.2, 0.25) is 0 Å². The molecule has 2 heterocycles. The summed E-state index contributed by atoms with van der Waals surface area (Å²) in [6.07, 6.45) is 3.12. The molecule has 3 aromatic carbocycles.